The van der Waals surface area contributed by atoms with Crippen LogP contribution in [0.15, 0.2) is 29.2 Å². The summed E-state index contributed by atoms with van der Waals surface area (Å²) >= 11 is 1.43. The summed E-state index contributed by atoms with van der Waals surface area (Å²) in [5.74, 6) is 0. The van der Waals surface area contributed by atoms with Gasteiger partial charge in [-0.2, -0.15) is 0 Å². The maximum Gasteiger partial charge on any atom is 0.190 e. The predicted molar refractivity (Wildman–Crippen MR) is 75.2 cm³/mol. The number of rotatable bonds is 6. The van der Waals surface area contributed by atoms with Gasteiger partial charge in [-0.25, -0.2) is 8.42 Å². The summed E-state index contributed by atoms with van der Waals surface area (Å²) in [6, 6.07) is 7.12. The molecule has 0 aromatic heterocycles. The van der Waals surface area contributed by atoms with Crippen molar-refractivity contribution >= 4 is 21.6 Å². The van der Waals surface area contributed by atoms with E-state index >= 15 is 0 Å². The van der Waals surface area contributed by atoms with E-state index in [0.717, 1.165) is 24.8 Å². The standard InChI is InChI=1S/C13H20O2S2/c1-4-5-6-13(16-3)17(14,15)12-9-7-11(2)8-10-12/h7-10,13H,4-6H2,1-3H3. The molecule has 0 heterocycles. The molecule has 0 radical (unpaired) electrons. The van der Waals surface area contributed by atoms with Crippen LogP contribution in [0.3, 0.4) is 0 Å². The Hall–Kier alpha value is -0.480. The first-order valence-corrected chi connectivity index (χ1v) is 8.69. The van der Waals surface area contributed by atoms with Crippen molar-refractivity contribution in [1.29, 1.82) is 0 Å². The minimum absolute atomic E-state index is 0.315. The zero-order valence-electron chi connectivity index (χ0n) is 10.6. The van der Waals surface area contributed by atoms with Crippen molar-refractivity contribution in [3.05, 3.63) is 29.8 Å². The monoisotopic (exact) mass is 272 g/mol. The first-order valence-electron chi connectivity index (χ1n) is 5.85. The quantitative estimate of drug-likeness (QED) is 0.792. The molecule has 0 aliphatic heterocycles. The van der Waals surface area contributed by atoms with Gasteiger partial charge in [0.1, 0.15) is 4.58 Å². The van der Waals surface area contributed by atoms with Crippen LogP contribution >= 0.6 is 11.8 Å². The summed E-state index contributed by atoms with van der Waals surface area (Å²) in [4.78, 5) is 0.443. The molecule has 0 saturated heterocycles. The second-order valence-corrected chi connectivity index (χ2v) is 7.63. The summed E-state index contributed by atoms with van der Waals surface area (Å²) in [5.41, 5.74) is 1.08. The highest BCUT2D eigenvalue weighted by atomic mass is 32.3. The van der Waals surface area contributed by atoms with Crippen molar-refractivity contribution in [1.82, 2.24) is 0 Å². The van der Waals surface area contributed by atoms with Crippen LogP contribution in [0.25, 0.3) is 0 Å². The molecule has 0 aliphatic rings. The Morgan fingerprint density at radius 3 is 2.29 bits per heavy atom. The maximum atomic E-state index is 12.4. The number of sulfone groups is 1. The van der Waals surface area contributed by atoms with Crippen molar-refractivity contribution < 1.29 is 8.42 Å². The van der Waals surface area contributed by atoms with Gasteiger partial charge in [0.25, 0.3) is 0 Å². The molecule has 1 aromatic rings. The lowest BCUT2D eigenvalue weighted by Crippen LogP contribution is -2.17. The van der Waals surface area contributed by atoms with Crippen LogP contribution in [0.5, 0.6) is 0 Å². The predicted octanol–water partition coefficient (Wildman–Crippen LogP) is 3.65. The van der Waals surface area contributed by atoms with Gasteiger partial charge in [0, 0.05) is 0 Å². The van der Waals surface area contributed by atoms with E-state index in [1.165, 1.54) is 11.8 Å². The van der Waals surface area contributed by atoms with E-state index in [-0.39, 0.29) is 4.58 Å². The second-order valence-electron chi connectivity index (χ2n) is 4.17. The smallest absolute Gasteiger partial charge is 0.190 e. The molecule has 0 saturated carbocycles. The molecule has 1 aromatic carbocycles. The number of unbranched alkanes of at least 4 members (excludes halogenated alkanes) is 1. The fourth-order valence-electron chi connectivity index (χ4n) is 1.65. The average molecular weight is 272 g/mol. The lowest BCUT2D eigenvalue weighted by molar-refractivity contribution is 0.586. The topological polar surface area (TPSA) is 34.1 Å². The zero-order chi connectivity index (χ0) is 12.9. The van der Waals surface area contributed by atoms with Gasteiger partial charge in [0.05, 0.1) is 4.90 Å². The summed E-state index contributed by atoms with van der Waals surface area (Å²) < 4.78 is 24.4. The van der Waals surface area contributed by atoms with Gasteiger partial charge in [0.2, 0.25) is 0 Å². The SMILES string of the molecule is CCCCC(SC)S(=O)(=O)c1ccc(C)cc1. The minimum atomic E-state index is -3.18. The molecule has 96 valence electrons. The lowest BCUT2D eigenvalue weighted by atomic mass is 10.2. The van der Waals surface area contributed by atoms with Crippen LogP contribution in [0, 0.1) is 6.92 Å². The molecule has 4 heteroatoms. The maximum absolute atomic E-state index is 12.4. The number of aryl methyl sites for hydroxylation is 1. The van der Waals surface area contributed by atoms with Gasteiger partial charge in [-0.05, 0) is 31.7 Å². The van der Waals surface area contributed by atoms with E-state index in [9.17, 15) is 8.42 Å². The van der Waals surface area contributed by atoms with Gasteiger partial charge in [0.15, 0.2) is 9.84 Å². The fraction of sp³-hybridized carbons (Fsp3) is 0.538. The summed E-state index contributed by atoms with van der Waals surface area (Å²) in [6.07, 6.45) is 4.58. The summed E-state index contributed by atoms with van der Waals surface area (Å²) in [7, 11) is -3.18. The Morgan fingerprint density at radius 1 is 1.24 bits per heavy atom. The molecule has 1 unspecified atom stereocenters. The van der Waals surface area contributed by atoms with E-state index in [1.807, 2.05) is 25.3 Å². The Labute approximate surface area is 109 Å². The molecule has 17 heavy (non-hydrogen) atoms. The second kappa shape index (κ2) is 6.45. The molecule has 0 N–H and O–H groups in total. The minimum Gasteiger partial charge on any atom is -0.223 e. The molecule has 1 rings (SSSR count). The highest BCUT2D eigenvalue weighted by molar-refractivity contribution is 8.13. The Kier molecular flexibility index (Phi) is 5.53. The third kappa shape index (κ3) is 3.75. The number of hydrogen-bond donors (Lipinski definition) is 0. The fourth-order valence-corrected chi connectivity index (χ4v) is 4.70. The van der Waals surface area contributed by atoms with Crippen molar-refractivity contribution in [2.45, 2.75) is 42.6 Å². The van der Waals surface area contributed by atoms with Crippen molar-refractivity contribution in [3.8, 4) is 0 Å². The first-order chi connectivity index (χ1) is 8.02. The number of thioether (sulfide) groups is 1. The van der Waals surface area contributed by atoms with Crippen molar-refractivity contribution in [3.63, 3.8) is 0 Å². The molecule has 2 nitrogen and oxygen atoms in total. The first kappa shape index (κ1) is 14.6. The van der Waals surface area contributed by atoms with Crippen LogP contribution in [0.2, 0.25) is 0 Å². The van der Waals surface area contributed by atoms with Crippen LogP contribution in [-0.2, 0) is 9.84 Å². The number of hydrogen-bond acceptors (Lipinski definition) is 3. The Balaban J connectivity index is 2.95. The summed E-state index contributed by atoms with van der Waals surface area (Å²) in [5, 5.41) is 0. The third-order valence-corrected chi connectivity index (χ3v) is 6.71. The largest absolute Gasteiger partial charge is 0.223 e. The van der Waals surface area contributed by atoms with Crippen molar-refractivity contribution in [2.75, 3.05) is 6.26 Å². The van der Waals surface area contributed by atoms with Crippen LogP contribution < -0.4 is 0 Å². The normalized spacial score (nSPS) is 13.6. The zero-order valence-corrected chi connectivity index (χ0v) is 12.3. The molecule has 0 bridgehead atoms. The molecular weight excluding hydrogens is 252 g/mol. The number of benzene rings is 1. The van der Waals surface area contributed by atoms with Gasteiger partial charge in [-0.3, -0.25) is 0 Å². The molecule has 0 amide bonds. The molecule has 0 aliphatic carbocycles. The molecule has 1 atom stereocenters. The van der Waals surface area contributed by atoms with E-state index in [4.69, 9.17) is 0 Å². The van der Waals surface area contributed by atoms with Gasteiger partial charge < -0.3 is 0 Å². The highest BCUT2D eigenvalue weighted by Gasteiger charge is 2.25. The van der Waals surface area contributed by atoms with Crippen LogP contribution in [-0.4, -0.2) is 19.3 Å². The van der Waals surface area contributed by atoms with Crippen LogP contribution in [0.1, 0.15) is 31.7 Å². The van der Waals surface area contributed by atoms with Crippen molar-refractivity contribution in [2.24, 2.45) is 0 Å². The molecule has 0 spiro atoms. The van der Waals surface area contributed by atoms with Crippen LogP contribution in [0.4, 0.5) is 0 Å². The van der Waals surface area contributed by atoms with E-state index < -0.39 is 9.84 Å². The third-order valence-electron chi connectivity index (χ3n) is 2.75. The van der Waals surface area contributed by atoms with E-state index in [2.05, 4.69) is 6.92 Å². The Morgan fingerprint density at radius 2 is 1.82 bits per heavy atom. The van der Waals surface area contributed by atoms with E-state index in [0.29, 0.717) is 4.90 Å². The van der Waals surface area contributed by atoms with Gasteiger partial charge in [-0.15, -0.1) is 11.8 Å². The average Bonchev–Trinajstić information content (AvgIpc) is 2.30. The van der Waals surface area contributed by atoms with E-state index in [1.54, 1.807) is 12.1 Å². The Bertz CT molecular complexity index is 435. The van der Waals surface area contributed by atoms with Gasteiger partial charge in [-0.1, -0.05) is 37.5 Å². The molecular formula is C13H20O2S2. The molecule has 0 fully saturated rings. The van der Waals surface area contributed by atoms with Gasteiger partial charge >= 0.3 is 0 Å². The summed E-state index contributed by atoms with van der Waals surface area (Å²) in [6.45, 7) is 4.04. The lowest BCUT2D eigenvalue weighted by Gasteiger charge is -2.15. The highest BCUT2D eigenvalue weighted by Crippen LogP contribution is 2.27.